The number of benzene rings is 1. The van der Waals surface area contributed by atoms with Crippen LogP contribution in [0, 0.1) is 0 Å². The van der Waals surface area contributed by atoms with Crippen LogP contribution < -0.4 is 4.74 Å². The summed E-state index contributed by atoms with van der Waals surface area (Å²) in [5, 5.41) is 11.7. The van der Waals surface area contributed by atoms with Gasteiger partial charge in [0.15, 0.2) is 0 Å². The van der Waals surface area contributed by atoms with Crippen LogP contribution in [0.5, 0.6) is 5.75 Å². The molecule has 0 unspecified atom stereocenters. The maximum absolute atomic E-state index is 12.1. The van der Waals surface area contributed by atoms with Crippen molar-refractivity contribution in [2.75, 3.05) is 19.9 Å². The predicted octanol–water partition coefficient (Wildman–Crippen LogP) is 0.969. The van der Waals surface area contributed by atoms with Crippen LogP contribution in [0.4, 0.5) is 0 Å². The van der Waals surface area contributed by atoms with Crippen LogP contribution in [-0.4, -0.2) is 50.9 Å². The molecule has 2 aromatic rings. The van der Waals surface area contributed by atoms with Crippen molar-refractivity contribution in [2.45, 2.75) is 11.7 Å². The van der Waals surface area contributed by atoms with Crippen molar-refractivity contribution in [1.29, 1.82) is 0 Å². The highest BCUT2D eigenvalue weighted by molar-refractivity contribution is 7.99. The van der Waals surface area contributed by atoms with E-state index >= 15 is 0 Å². The van der Waals surface area contributed by atoms with Gasteiger partial charge in [0.1, 0.15) is 5.75 Å². The van der Waals surface area contributed by atoms with Crippen molar-refractivity contribution >= 4 is 17.7 Å². The Morgan fingerprint density at radius 2 is 2.10 bits per heavy atom. The first-order valence-electron chi connectivity index (χ1n) is 6.32. The maximum atomic E-state index is 12.1. The van der Waals surface area contributed by atoms with Gasteiger partial charge in [-0.15, -0.1) is 5.10 Å². The number of methoxy groups -OCH3 is 1. The largest absolute Gasteiger partial charge is 0.497 e. The topological polar surface area (TPSA) is 73.1 Å². The summed E-state index contributed by atoms with van der Waals surface area (Å²) in [7, 11) is 5.15. The second-order valence-corrected chi connectivity index (χ2v) is 5.41. The molecule has 1 heterocycles. The lowest BCUT2D eigenvalue weighted by Gasteiger charge is -2.17. The predicted molar refractivity (Wildman–Crippen MR) is 79.0 cm³/mol. The third-order valence-corrected chi connectivity index (χ3v) is 3.91. The van der Waals surface area contributed by atoms with Crippen LogP contribution in [0.1, 0.15) is 5.56 Å². The Kier molecular flexibility index (Phi) is 5.15. The molecule has 112 valence electrons. The molecule has 0 saturated carbocycles. The van der Waals surface area contributed by atoms with E-state index in [0.717, 1.165) is 11.3 Å². The first kappa shape index (κ1) is 15.3. The molecule has 0 aliphatic rings. The summed E-state index contributed by atoms with van der Waals surface area (Å²) in [6.45, 7) is 0.556. The number of nitrogens with zero attached hydrogens (tertiary/aromatic N) is 5. The van der Waals surface area contributed by atoms with E-state index in [4.69, 9.17) is 4.74 Å². The van der Waals surface area contributed by atoms with Crippen LogP contribution in [-0.2, 0) is 18.4 Å². The standard InChI is InChI=1S/C13H17N5O2S/c1-17(8-10-4-6-11(20-3)7-5-10)12(19)9-21-13-14-15-16-18(13)2/h4-7H,8-9H2,1-3H3. The summed E-state index contributed by atoms with van der Waals surface area (Å²) in [5.41, 5.74) is 1.05. The average Bonchev–Trinajstić information content (AvgIpc) is 2.90. The highest BCUT2D eigenvalue weighted by Crippen LogP contribution is 2.15. The fourth-order valence-corrected chi connectivity index (χ4v) is 2.46. The average molecular weight is 307 g/mol. The molecule has 0 saturated heterocycles. The van der Waals surface area contributed by atoms with Gasteiger partial charge in [-0.1, -0.05) is 23.9 Å². The molecule has 2 rings (SSSR count). The van der Waals surface area contributed by atoms with Gasteiger partial charge in [-0.25, -0.2) is 4.68 Å². The number of aromatic nitrogens is 4. The number of aryl methyl sites for hydroxylation is 1. The number of hydrogen-bond acceptors (Lipinski definition) is 6. The Morgan fingerprint density at radius 1 is 1.38 bits per heavy atom. The molecule has 0 aliphatic carbocycles. The number of amides is 1. The minimum atomic E-state index is 0.0267. The second-order valence-electron chi connectivity index (χ2n) is 4.47. The number of rotatable bonds is 6. The van der Waals surface area contributed by atoms with Crippen molar-refractivity contribution < 1.29 is 9.53 Å². The molecular weight excluding hydrogens is 290 g/mol. The van der Waals surface area contributed by atoms with Gasteiger partial charge < -0.3 is 9.64 Å². The lowest BCUT2D eigenvalue weighted by molar-refractivity contribution is -0.127. The molecule has 0 N–H and O–H groups in total. The molecule has 8 heteroatoms. The third kappa shape index (κ3) is 4.19. The molecule has 0 bridgehead atoms. The van der Waals surface area contributed by atoms with Crippen molar-refractivity contribution in [3.8, 4) is 5.75 Å². The lowest BCUT2D eigenvalue weighted by Crippen LogP contribution is -2.27. The quantitative estimate of drug-likeness (QED) is 0.740. The van der Waals surface area contributed by atoms with Crippen LogP contribution in [0.25, 0.3) is 0 Å². The van der Waals surface area contributed by atoms with Gasteiger partial charge in [0.05, 0.1) is 12.9 Å². The van der Waals surface area contributed by atoms with Crippen LogP contribution in [0.3, 0.4) is 0 Å². The Hall–Kier alpha value is -2.09. The van der Waals surface area contributed by atoms with Gasteiger partial charge in [-0.05, 0) is 28.1 Å². The molecule has 21 heavy (non-hydrogen) atoms. The lowest BCUT2D eigenvalue weighted by atomic mass is 10.2. The fraction of sp³-hybridized carbons (Fsp3) is 0.385. The summed E-state index contributed by atoms with van der Waals surface area (Å²) < 4.78 is 6.65. The van der Waals surface area contributed by atoms with E-state index in [2.05, 4.69) is 15.5 Å². The molecule has 0 fully saturated rings. The molecule has 1 aromatic carbocycles. The summed E-state index contributed by atoms with van der Waals surface area (Å²) in [5.74, 6) is 1.14. The van der Waals surface area contributed by atoms with Gasteiger partial charge in [-0.3, -0.25) is 4.79 Å². The number of tetrazole rings is 1. The van der Waals surface area contributed by atoms with Gasteiger partial charge in [0.25, 0.3) is 0 Å². The van der Waals surface area contributed by atoms with Gasteiger partial charge in [-0.2, -0.15) is 0 Å². The van der Waals surface area contributed by atoms with Crippen LogP contribution in [0.15, 0.2) is 29.4 Å². The van der Waals surface area contributed by atoms with Gasteiger partial charge >= 0.3 is 0 Å². The normalized spacial score (nSPS) is 10.4. The van der Waals surface area contributed by atoms with Gasteiger partial charge in [0, 0.05) is 20.6 Å². The minimum Gasteiger partial charge on any atom is -0.497 e. The zero-order valence-corrected chi connectivity index (χ0v) is 13.0. The van der Waals surface area contributed by atoms with E-state index in [1.807, 2.05) is 24.3 Å². The molecule has 1 aromatic heterocycles. The second kappa shape index (κ2) is 7.07. The summed E-state index contributed by atoms with van der Waals surface area (Å²) >= 11 is 1.32. The Balaban J connectivity index is 1.85. The van der Waals surface area contributed by atoms with Crippen molar-refractivity contribution in [3.05, 3.63) is 29.8 Å². The fourth-order valence-electron chi connectivity index (χ4n) is 1.67. The maximum Gasteiger partial charge on any atom is 0.233 e. The first-order chi connectivity index (χ1) is 10.1. The molecule has 7 nitrogen and oxygen atoms in total. The number of thioether (sulfide) groups is 1. The Morgan fingerprint density at radius 3 is 2.67 bits per heavy atom. The minimum absolute atomic E-state index is 0.0267. The van der Waals surface area contributed by atoms with Crippen molar-refractivity contribution in [2.24, 2.45) is 7.05 Å². The van der Waals surface area contributed by atoms with Crippen molar-refractivity contribution in [1.82, 2.24) is 25.1 Å². The van der Waals surface area contributed by atoms with Crippen LogP contribution in [0.2, 0.25) is 0 Å². The van der Waals surface area contributed by atoms with E-state index in [1.165, 1.54) is 11.8 Å². The highest BCUT2D eigenvalue weighted by atomic mass is 32.2. The molecule has 0 spiro atoms. The Labute approximate surface area is 127 Å². The summed E-state index contributed by atoms with van der Waals surface area (Å²) in [6, 6.07) is 7.66. The zero-order valence-electron chi connectivity index (χ0n) is 12.2. The van der Waals surface area contributed by atoms with Crippen molar-refractivity contribution in [3.63, 3.8) is 0 Å². The zero-order chi connectivity index (χ0) is 15.2. The SMILES string of the molecule is COc1ccc(CN(C)C(=O)CSc2nnnn2C)cc1. The highest BCUT2D eigenvalue weighted by Gasteiger charge is 2.12. The Bertz CT molecular complexity index is 599. The third-order valence-electron chi connectivity index (χ3n) is 2.91. The number of ether oxygens (including phenoxy) is 1. The first-order valence-corrected chi connectivity index (χ1v) is 7.30. The molecular formula is C13H17N5O2S. The molecule has 1 amide bonds. The smallest absolute Gasteiger partial charge is 0.233 e. The van der Waals surface area contributed by atoms with Crippen LogP contribution >= 0.6 is 11.8 Å². The van der Waals surface area contributed by atoms with E-state index in [1.54, 1.807) is 30.8 Å². The molecule has 0 aliphatic heterocycles. The van der Waals surface area contributed by atoms with E-state index < -0.39 is 0 Å². The van der Waals surface area contributed by atoms with E-state index in [9.17, 15) is 4.79 Å². The summed E-state index contributed by atoms with van der Waals surface area (Å²) in [6.07, 6.45) is 0. The number of carbonyl (C=O) groups is 1. The van der Waals surface area contributed by atoms with E-state index in [-0.39, 0.29) is 5.91 Å². The monoisotopic (exact) mass is 307 g/mol. The van der Waals surface area contributed by atoms with E-state index in [0.29, 0.717) is 17.5 Å². The number of hydrogen-bond donors (Lipinski definition) is 0. The molecule has 0 radical (unpaired) electrons. The summed E-state index contributed by atoms with van der Waals surface area (Å²) in [4.78, 5) is 13.8. The molecule has 0 atom stereocenters. The number of carbonyl (C=O) groups excluding carboxylic acids is 1. The van der Waals surface area contributed by atoms with Gasteiger partial charge in [0.2, 0.25) is 11.1 Å².